The molecular weight excluding hydrogens is 593 g/mol. The number of hydrogen-bond donors (Lipinski definition) is 0. The SMILES string of the molecule is [Pt+2].[c-]1ncncc1-n1ccc(N2c3ccccc3Cc3c2nn2c3CCc3ccc[c-]c3-2)n1. The zero-order valence-corrected chi connectivity index (χ0v) is 19.7. The van der Waals surface area contributed by atoms with Gasteiger partial charge in [0.2, 0.25) is 0 Å². The number of para-hydroxylation sites is 2. The Morgan fingerprint density at radius 3 is 2.76 bits per heavy atom. The maximum absolute atomic E-state index is 5.10. The maximum atomic E-state index is 5.10. The molecule has 7 rings (SSSR count). The maximum Gasteiger partial charge on any atom is 2.00 e. The monoisotopic (exact) mass is 610 g/mol. The molecule has 0 spiro atoms. The van der Waals surface area contributed by atoms with Crippen LogP contribution in [-0.4, -0.2) is 29.5 Å². The quantitative estimate of drug-likeness (QED) is 0.279. The molecule has 33 heavy (non-hydrogen) atoms. The largest absolute Gasteiger partial charge is 2.00 e. The number of aromatic nitrogens is 6. The Hall–Kier alpha value is -3.57. The molecule has 0 radical (unpaired) electrons. The van der Waals surface area contributed by atoms with Crippen molar-refractivity contribution >= 4 is 17.3 Å². The molecule has 5 aromatic rings. The van der Waals surface area contributed by atoms with E-state index in [1.807, 2.05) is 24.4 Å². The third-order valence-corrected chi connectivity index (χ3v) is 6.19. The molecule has 162 valence electrons. The Morgan fingerprint density at radius 2 is 1.85 bits per heavy atom. The van der Waals surface area contributed by atoms with Gasteiger partial charge in [-0.15, -0.1) is 5.56 Å². The van der Waals surface area contributed by atoms with Gasteiger partial charge in [0.15, 0.2) is 11.6 Å². The standard InChI is InChI=1S/C25H17N7.Pt/c1-4-8-22-17(5-1)9-10-23-20-13-18-6-2-3-7-21(18)31(25(20)29-32(22)23)24-11-12-30(28-24)19-14-26-16-27-15-19;/h1-7,11-12,14,16H,9-10,13H2;/q-2;+2. The fourth-order valence-electron chi connectivity index (χ4n) is 4.74. The van der Waals surface area contributed by atoms with Gasteiger partial charge in [0.05, 0.1) is 5.69 Å². The van der Waals surface area contributed by atoms with E-state index in [1.165, 1.54) is 28.7 Å². The second-order valence-corrected chi connectivity index (χ2v) is 7.98. The van der Waals surface area contributed by atoms with E-state index in [9.17, 15) is 0 Å². The molecule has 7 nitrogen and oxygen atoms in total. The van der Waals surface area contributed by atoms with E-state index in [2.05, 4.69) is 62.1 Å². The molecule has 0 N–H and O–H groups in total. The molecule has 2 aliphatic rings. The average Bonchev–Trinajstić information content (AvgIpc) is 3.48. The normalized spacial score (nSPS) is 13.4. The minimum absolute atomic E-state index is 0. The predicted molar refractivity (Wildman–Crippen MR) is 119 cm³/mol. The van der Waals surface area contributed by atoms with Gasteiger partial charge in [0, 0.05) is 29.9 Å². The summed E-state index contributed by atoms with van der Waals surface area (Å²) in [6, 6.07) is 20.0. The van der Waals surface area contributed by atoms with Gasteiger partial charge in [0.25, 0.3) is 0 Å². The Labute approximate surface area is 205 Å². The van der Waals surface area contributed by atoms with Gasteiger partial charge in [0.1, 0.15) is 0 Å². The Bertz CT molecular complexity index is 1470. The molecule has 0 bridgehead atoms. The summed E-state index contributed by atoms with van der Waals surface area (Å²) in [5.41, 5.74) is 7.92. The molecule has 2 aromatic carbocycles. The number of nitrogens with zero attached hydrogens (tertiary/aromatic N) is 7. The van der Waals surface area contributed by atoms with E-state index < -0.39 is 0 Å². The van der Waals surface area contributed by atoms with Crippen LogP contribution < -0.4 is 4.90 Å². The second-order valence-electron chi connectivity index (χ2n) is 7.98. The Balaban J connectivity index is 0.00000206. The van der Waals surface area contributed by atoms with Gasteiger partial charge in [-0.05, 0) is 35.8 Å². The van der Waals surface area contributed by atoms with Crippen molar-refractivity contribution in [3.05, 3.63) is 102 Å². The first kappa shape index (κ1) is 20.1. The number of aryl methyl sites for hydroxylation is 1. The van der Waals surface area contributed by atoms with Gasteiger partial charge in [-0.1, -0.05) is 37.0 Å². The van der Waals surface area contributed by atoms with Crippen LogP contribution in [0.25, 0.3) is 11.4 Å². The van der Waals surface area contributed by atoms with Crippen molar-refractivity contribution in [2.24, 2.45) is 0 Å². The van der Waals surface area contributed by atoms with E-state index in [4.69, 9.17) is 10.2 Å². The van der Waals surface area contributed by atoms with E-state index >= 15 is 0 Å². The summed E-state index contributed by atoms with van der Waals surface area (Å²) < 4.78 is 3.82. The van der Waals surface area contributed by atoms with E-state index in [1.54, 1.807) is 10.9 Å². The summed E-state index contributed by atoms with van der Waals surface area (Å²) in [5.74, 6) is 1.73. The van der Waals surface area contributed by atoms with Crippen LogP contribution in [0, 0.1) is 12.3 Å². The molecule has 8 heteroatoms. The first-order valence-corrected chi connectivity index (χ1v) is 10.6. The molecule has 0 amide bonds. The van der Waals surface area contributed by atoms with Crippen molar-refractivity contribution in [1.82, 2.24) is 29.5 Å². The van der Waals surface area contributed by atoms with Crippen LogP contribution in [0.3, 0.4) is 0 Å². The molecule has 0 fully saturated rings. The van der Waals surface area contributed by atoms with Gasteiger partial charge in [-0.2, -0.15) is 34.5 Å². The molecule has 3 aromatic heterocycles. The zero-order valence-electron chi connectivity index (χ0n) is 17.4. The summed E-state index contributed by atoms with van der Waals surface area (Å²) in [6.07, 6.45) is 10.8. The Morgan fingerprint density at radius 1 is 0.939 bits per heavy atom. The number of rotatable bonds is 2. The summed E-state index contributed by atoms with van der Waals surface area (Å²) in [5, 5.41) is 9.93. The summed E-state index contributed by atoms with van der Waals surface area (Å²) in [4.78, 5) is 10.2. The molecule has 0 saturated carbocycles. The van der Waals surface area contributed by atoms with Crippen molar-refractivity contribution in [3.8, 4) is 11.4 Å². The van der Waals surface area contributed by atoms with E-state index in [0.29, 0.717) is 5.69 Å². The third kappa shape index (κ3) is 3.07. The number of fused-ring (bicyclic) bond motifs is 6. The summed E-state index contributed by atoms with van der Waals surface area (Å²) >= 11 is 0. The van der Waals surface area contributed by atoms with Crippen molar-refractivity contribution in [1.29, 1.82) is 0 Å². The predicted octanol–water partition coefficient (Wildman–Crippen LogP) is 3.92. The zero-order chi connectivity index (χ0) is 21.1. The molecular formula is C25H17N7Pt. The third-order valence-electron chi connectivity index (χ3n) is 6.19. The number of hydrogen-bond acceptors (Lipinski definition) is 5. The molecule has 0 aliphatic carbocycles. The fraction of sp³-hybridized carbons (Fsp3) is 0.120. The van der Waals surface area contributed by atoms with E-state index in [-0.39, 0.29) is 21.1 Å². The van der Waals surface area contributed by atoms with Crippen molar-refractivity contribution in [2.45, 2.75) is 19.3 Å². The minimum atomic E-state index is 0. The molecule has 0 saturated heterocycles. The molecule has 5 heterocycles. The van der Waals surface area contributed by atoms with Crippen LogP contribution in [0.2, 0.25) is 0 Å². The summed E-state index contributed by atoms with van der Waals surface area (Å²) in [7, 11) is 0. The minimum Gasteiger partial charge on any atom is -0.374 e. The molecule has 0 unspecified atom stereocenters. The summed E-state index contributed by atoms with van der Waals surface area (Å²) in [6.45, 7) is 0. The van der Waals surface area contributed by atoms with Crippen molar-refractivity contribution < 1.29 is 21.1 Å². The van der Waals surface area contributed by atoms with Crippen LogP contribution in [0.1, 0.15) is 22.4 Å². The van der Waals surface area contributed by atoms with Crippen LogP contribution in [0.4, 0.5) is 17.3 Å². The van der Waals surface area contributed by atoms with Crippen LogP contribution in [0.5, 0.6) is 0 Å². The first-order valence-electron chi connectivity index (χ1n) is 10.6. The van der Waals surface area contributed by atoms with Crippen molar-refractivity contribution in [3.63, 3.8) is 0 Å². The molecule has 0 atom stereocenters. The van der Waals surface area contributed by atoms with Gasteiger partial charge >= 0.3 is 21.1 Å². The van der Waals surface area contributed by atoms with Gasteiger partial charge in [-0.25, -0.2) is 0 Å². The average molecular weight is 611 g/mol. The van der Waals surface area contributed by atoms with Crippen LogP contribution in [0.15, 0.2) is 67.3 Å². The van der Waals surface area contributed by atoms with E-state index in [0.717, 1.165) is 42.3 Å². The smallest absolute Gasteiger partial charge is 0.374 e. The second kappa shape index (κ2) is 7.78. The number of benzene rings is 2. The van der Waals surface area contributed by atoms with Crippen LogP contribution >= 0.6 is 0 Å². The van der Waals surface area contributed by atoms with Crippen LogP contribution in [-0.2, 0) is 40.3 Å². The fourth-order valence-corrected chi connectivity index (χ4v) is 4.74. The number of anilines is 3. The Kier molecular flexibility index (Phi) is 4.73. The van der Waals surface area contributed by atoms with Gasteiger partial charge < -0.3 is 9.97 Å². The van der Waals surface area contributed by atoms with Crippen molar-refractivity contribution in [2.75, 3.05) is 4.90 Å². The van der Waals surface area contributed by atoms with Gasteiger partial charge in [-0.3, -0.25) is 14.3 Å². The topological polar surface area (TPSA) is 64.7 Å². The first-order chi connectivity index (χ1) is 15.9. The molecule has 2 aliphatic heterocycles.